The van der Waals surface area contributed by atoms with Crippen LogP contribution in [-0.2, 0) is 23.2 Å². The second-order valence-electron chi connectivity index (χ2n) is 5.92. The van der Waals surface area contributed by atoms with Gasteiger partial charge in [0, 0.05) is 31.9 Å². The molecule has 1 aromatic heterocycles. The molecule has 1 N–H and O–H groups in total. The fourth-order valence-electron chi connectivity index (χ4n) is 2.65. The SMILES string of the molecule is COc1ccccc1C(=O)Nc1nc2c(s1)CN(S(=O)(=O)N(C)C)CC2. The number of benzene rings is 1. The number of amides is 1. The zero-order chi connectivity index (χ0) is 18.9. The Bertz CT molecular complexity index is 924. The number of nitrogens with zero attached hydrogens (tertiary/aromatic N) is 3. The largest absolute Gasteiger partial charge is 0.496 e. The van der Waals surface area contributed by atoms with E-state index in [4.69, 9.17) is 4.74 Å². The predicted octanol–water partition coefficient (Wildman–Crippen LogP) is 1.57. The van der Waals surface area contributed by atoms with Gasteiger partial charge < -0.3 is 4.74 Å². The number of methoxy groups -OCH3 is 1. The monoisotopic (exact) mass is 396 g/mol. The van der Waals surface area contributed by atoms with Crippen molar-refractivity contribution in [1.82, 2.24) is 13.6 Å². The Morgan fingerprint density at radius 3 is 2.77 bits per heavy atom. The minimum absolute atomic E-state index is 0.262. The van der Waals surface area contributed by atoms with Crippen molar-refractivity contribution in [1.29, 1.82) is 0 Å². The molecule has 0 atom stereocenters. The first-order valence-electron chi connectivity index (χ1n) is 7.93. The Hall–Kier alpha value is -2.01. The predicted molar refractivity (Wildman–Crippen MR) is 99.8 cm³/mol. The second-order valence-corrected chi connectivity index (χ2v) is 9.14. The number of nitrogens with one attached hydrogen (secondary N) is 1. The molecule has 10 heteroatoms. The molecule has 0 unspecified atom stereocenters. The number of carbonyl (C=O) groups excluding carboxylic acids is 1. The lowest BCUT2D eigenvalue weighted by Crippen LogP contribution is -2.42. The van der Waals surface area contributed by atoms with Crippen LogP contribution in [0.1, 0.15) is 20.9 Å². The van der Waals surface area contributed by atoms with Crippen LogP contribution in [0.5, 0.6) is 5.75 Å². The van der Waals surface area contributed by atoms with E-state index >= 15 is 0 Å². The molecule has 1 aliphatic heterocycles. The summed E-state index contributed by atoms with van der Waals surface area (Å²) in [6.07, 6.45) is 0.517. The van der Waals surface area contributed by atoms with Gasteiger partial charge in [-0.1, -0.05) is 12.1 Å². The summed E-state index contributed by atoms with van der Waals surface area (Å²) >= 11 is 1.29. The first-order chi connectivity index (χ1) is 12.3. The molecule has 2 heterocycles. The fraction of sp³-hybridized carbons (Fsp3) is 0.375. The number of para-hydroxylation sites is 1. The Labute approximate surface area is 156 Å². The zero-order valence-corrected chi connectivity index (χ0v) is 16.4. The molecule has 0 saturated heterocycles. The molecule has 140 valence electrons. The van der Waals surface area contributed by atoms with Gasteiger partial charge in [-0.3, -0.25) is 10.1 Å². The van der Waals surface area contributed by atoms with Crippen molar-refractivity contribution in [2.75, 3.05) is 33.1 Å². The fourth-order valence-corrected chi connectivity index (χ4v) is 4.83. The van der Waals surface area contributed by atoms with E-state index in [1.807, 2.05) is 0 Å². The molecule has 0 saturated carbocycles. The number of hydrogen-bond donors (Lipinski definition) is 1. The first kappa shape index (κ1) is 18.8. The maximum atomic E-state index is 12.5. The van der Waals surface area contributed by atoms with Crippen molar-refractivity contribution < 1.29 is 17.9 Å². The van der Waals surface area contributed by atoms with Gasteiger partial charge in [-0.05, 0) is 12.1 Å². The van der Waals surface area contributed by atoms with Gasteiger partial charge in [0.05, 0.1) is 24.9 Å². The molecule has 0 spiro atoms. The van der Waals surface area contributed by atoms with Crippen molar-refractivity contribution in [2.24, 2.45) is 0 Å². The van der Waals surface area contributed by atoms with Crippen LogP contribution < -0.4 is 10.1 Å². The summed E-state index contributed by atoms with van der Waals surface area (Å²) in [6, 6.07) is 6.94. The number of hydrogen-bond acceptors (Lipinski definition) is 6. The third-order valence-electron chi connectivity index (χ3n) is 4.06. The van der Waals surface area contributed by atoms with Crippen LogP contribution in [0, 0.1) is 0 Å². The molecule has 0 fully saturated rings. The zero-order valence-electron chi connectivity index (χ0n) is 14.7. The van der Waals surface area contributed by atoms with Gasteiger partial charge in [-0.25, -0.2) is 4.98 Å². The number of anilines is 1. The third kappa shape index (κ3) is 3.58. The molecule has 8 nitrogen and oxygen atoms in total. The number of fused-ring (bicyclic) bond motifs is 1. The Morgan fingerprint density at radius 1 is 1.35 bits per heavy atom. The highest BCUT2D eigenvalue weighted by Crippen LogP contribution is 2.30. The van der Waals surface area contributed by atoms with Crippen molar-refractivity contribution in [3.8, 4) is 5.75 Å². The van der Waals surface area contributed by atoms with E-state index in [0.29, 0.717) is 29.4 Å². The van der Waals surface area contributed by atoms with Crippen molar-refractivity contribution in [3.63, 3.8) is 0 Å². The van der Waals surface area contributed by atoms with Crippen LogP contribution in [0.25, 0.3) is 0 Å². The highest BCUT2D eigenvalue weighted by atomic mass is 32.2. The summed E-state index contributed by atoms with van der Waals surface area (Å²) in [5.74, 6) is 0.167. The van der Waals surface area contributed by atoms with Gasteiger partial charge in [-0.15, -0.1) is 11.3 Å². The molecule has 1 aromatic carbocycles. The number of rotatable bonds is 5. The molecular weight excluding hydrogens is 376 g/mol. The van der Waals surface area contributed by atoms with Crippen LogP contribution in [0.2, 0.25) is 0 Å². The van der Waals surface area contributed by atoms with E-state index < -0.39 is 10.2 Å². The van der Waals surface area contributed by atoms with E-state index in [0.717, 1.165) is 10.6 Å². The summed E-state index contributed by atoms with van der Waals surface area (Å²) < 4.78 is 32.4. The third-order valence-corrected chi connectivity index (χ3v) is 6.94. The molecule has 0 aliphatic carbocycles. The lowest BCUT2D eigenvalue weighted by atomic mass is 10.2. The lowest BCUT2D eigenvalue weighted by Gasteiger charge is -2.27. The Kier molecular flexibility index (Phi) is 5.28. The lowest BCUT2D eigenvalue weighted by molar-refractivity contribution is 0.102. The first-order valence-corrected chi connectivity index (χ1v) is 10.1. The van der Waals surface area contributed by atoms with Crippen molar-refractivity contribution in [3.05, 3.63) is 40.4 Å². The van der Waals surface area contributed by atoms with Crippen LogP contribution in [0.3, 0.4) is 0 Å². The number of carbonyl (C=O) groups is 1. The van der Waals surface area contributed by atoms with Gasteiger partial charge in [0.25, 0.3) is 16.1 Å². The maximum Gasteiger partial charge on any atom is 0.281 e. The smallest absolute Gasteiger partial charge is 0.281 e. The molecule has 1 amide bonds. The van der Waals surface area contributed by atoms with Gasteiger partial charge in [-0.2, -0.15) is 17.0 Å². The average molecular weight is 396 g/mol. The number of aromatic nitrogens is 1. The summed E-state index contributed by atoms with van der Waals surface area (Å²) in [5, 5.41) is 3.23. The Balaban J connectivity index is 1.77. The topological polar surface area (TPSA) is 91.8 Å². The van der Waals surface area contributed by atoms with Crippen LogP contribution in [0.15, 0.2) is 24.3 Å². The van der Waals surface area contributed by atoms with Crippen LogP contribution in [-0.4, -0.2) is 55.7 Å². The quantitative estimate of drug-likeness (QED) is 0.828. The highest BCUT2D eigenvalue weighted by Gasteiger charge is 2.30. The summed E-state index contributed by atoms with van der Waals surface area (Å²) in [5.41, 5.74) is 1.25. The molecule has 26 heavy (non-hydrogen) atoms. The molecule has 3 rings (SSSR count). The number of thiazole rings is 1. The Morgan fingerprint density at radius 2 is 2.08 bits per heavy atom. The summed E-state index contributed by atoms with van der Waals surface area (Å²) in [4.78, 5) is 17.8. The summed E-state index contributed by atoms with van der Waals surface area (Å²) in [7, 11) is 1.06. The van der Waals surface area contributed by atoms with E-state index in [1.165, 1.54) is 41.2 Å². The standard InChI is InChI=1S/C16H20N4O4S2/c1-19(2)26(22,23)20-9-8-12-14(10-20)25-16(17-12)18-15(21)11-6-4-5-7-13(11)24-3/h4-7H,8-10H2,1-3H3,(H,17,18,21). The minimum atomic E-state index is -3.47. The number of ether oxygens (including phenoxy) is 1. The van der Waals surface area contributed by atoms with Gasteiger partial charge in [0.15, 0.2) is 5.13 Å². The molecule has 0 radical (unpaired) electrons. The van der Waals surface area contributed by atoms with Crippen LogP contribution >= 0.6 is 11.3 Å². The second kappa shape index (κ2) is 7.31. The maximum absolute atomic E-state index is 12.5. The summed E-state index contributed by atoms with van der Waals surface area (Å²) in [6.45, 7) is 0.634. The van der Waals surface area contributed by atoms with Crippen molar-refractivity contribution >= 4 is 32.6 Å². The van der Waals surface area contributed by atoms with Crippen molar-refractivity contribution in [2.45, 2.75) is 13.0 Å². The minimum Gasteiger partial charge on any atom is -0.496 e. The molecule has 0 bridgehead atoms. The molecule has 2 aromatic rings. The van der Waals surface area contributed by atoms with Gasteiger partial charge in [0.1, 0.15) is 5.75 Å². The van der Waals surface area contributed by atoms with E-state index in [2.05, 4.69) is 10.3 Å². The van der Waals surface area contributed by atoms with Gasteiger partial charge in [0.2, 0.25) is 0 Å². The van der Waals surface area contributed by atoms with E-state index in [9.17, 15) is 13.2 Å². The van der Waals surface area contributed by atoms with E-state index in [-0.39, 0.29) is 12.5 Å². The van der Waals surface area contributed by atoms with Crippen LogP contribution in [0.4, 0.5) is 5.13 Å². The van der Waals surface area contributed by atoms with Gasteiger partial charge >= 0.3 is 0 Å². The molecular formula is C16H20N4O4S2. The highest BCUT2D eigenvalue weighted by molar-refractivity contribution is 7.86. The normalized spacial score (nSPS) is 14.9. The van der Waals surface area contributed by atoms with E-state index in [1.54, 1.807) is 24.3 Å². The molecule has 1 aliphatic rings. The average Bonchev–Trinajstić information content (AvgIpc) is 3.02.